The molecule has 3 nitrogen and oxygen atoms in total. The lowest BCUT2D eigenvalue weighted by atomic mass is 10.0. The Bertz CT molecular complexity index is 643. The molecular weight excluding hydrogens is 419 g/mol. The lowest BCUT2D eigenvalue weighted by molar-refractivity contribution is 0.174. The highest BCUT2D eigenvalue weighted by atomic mass is 79.9. The molecule has 0 fully saturated rings. The molecule has 0 saturated heterocycles. The molecule has 1 atom stereocenters. The van der Waals surface area contributed by atoms with E-state index in [2.05, 4.69) is 43.9 Å². The molecule has 0 radical (unpaired) electrons. The highest BCUT2D eigenvalue weighted by molar-refractivity contribution is 9.10. The number of hydrogen-bond donors (Lipinski definition) is 1. The smallest absolute Gasteiger partial charge is 0.0857 e. The van der Waals surface area contributed by atoms with E-state index >= 15 is 0 Å². The van der Waals surface area contributed by atoms with Crippen LogP contribution in [0.3, 0.4) is 0 Å². The summed E-state index contributed by atoms with van der Waals surface area (Å²) >= 11 is 13.1. The molecule has 0 aliphatic heterocycles. The molecule has 1 N–H and O–H groups in total. The molecule has 0 amide bonds. The first kappa shape index (κ1) is 17.0. The number of halogens is 3. The van der Waals surface area contributed by atoms with Crippen LogP contribution < -0.4 is 0 Å². The first-order valence-corrected chi connectivity index (χ1v) is 8.81. The van der Waals surface area contributed by atoms with Gasteiger partial charge in [-0.05, 0) is 53.0 Å². The van der Waals surface area contributed by atoms with E-state index in [0.29, 0.717) is 11.4 Å². The number of hydrogen-bond acceptors (Lipinski definition) is 2. The minimum atomic E-state index is -0.638. The molecule has 1 unspecified atom stereocenters. The summed E-state index contributed by atoms with van der Waals surface area (Å²) in [7, 11) is 0. The van der Waals surface area contributed by atoms with Crippen LogP contribution >= 0.6 is 43.5 Å². The van der Waals surface area contributed by atoms with Gasteiger partial charge >= 0.3 is 0 Å². The molecule has 114 valence electrons. The van der Waals surface area contributed by atoms with Crippen LogP contribution in [0.2, 0.25) is 5.02 Å². The summed E-state index contributed by atoms with van der Waals surface area (Å²) in [5.74, 6) is 0. The van der Waals surface area contributed by atoms with E-state index in [1.165, 1.54) is 0 Å². The molecule has 2 aromatic rings. The van der Waals surface area contributed by atoms with Gasteiger partial charge in [-0.25, -0.2) is 0 Å². The van der Waals surface area contributed by atoms with Gasteiger partial charge in [0.25, 0.3) is 0 Å². The number of aromatic nitrogens is 2. The van der Waals surface area contributed by atoms with Crippen molar-refractivity contribution in [2.75, 3.05) is 0 Å². The van der Waals surface area contributed by atoms with Gasteiger partial charge in [0, 0.05) is 22.5 Å². The molecular formula is C15H17Br2ClN2O. The molecule has 1 aromatic carbocycles. The minimum absolute atomic E-state index is 0.486. The number of aliphatic hydroxyl groups is 1. The SMILES string of the molecule is CCc1nn(CC)c(CC(O)c2cc(Cl)ccc2Br)c1Br. The molecule has 21 heavy (non-hydrogen) atoms. The Balaban J connectivity index is 2.33. The van der Waals surface area contributed by atoms with E-state index in [0.717, 1.165) is 38.9 Å². The molecule has 1 heterocycles. The van der Waals surface area contributed by atoms with Gasteiger partial charge in [0.1, 0.15) is 0 Å². The van der Waals surface area contributed by atoms with Crippen molar-refractivity contribution in [1.82, 2.24) is 9.78 Å². The Morgan fingerprint density at radius 2 is 2.05 bits per heavy atom. The fraction of sp³-hybridized carbons (Fsp3) is 0.400. The van der Waals surface area contributed by atoms with Gasteiger partial charge in [0.05, 0.1) is 22.0 Å². The van der Waals surface area contributed by atoms with Crippen LogP contribution in [0, 0.1) is 0 Å². The van der Waals surface area contributed by atoms with Crippen LogP contribution in [-0.4, -0.2) is 14.9 Å². The Morgan fingerprint density at radius 3 is 2.67 bits per heavy atom. The van der Waals surface area contributed by atoms with Crippen molar-refractivity contribution < 1.29 is 5.11 Å². The van der Waals surface area contributed by atoms with Crippen molar-refractivity contribution >= 4 is 43.5 Å². The average Bonchev–Trinajstić information content (AvgIpc) is 2.77. The monoisotopic (exact) mass is 434 g/mol. The zero-order chi connectivity index (χ0) is 15.6. The zero-order valence-electron chi connectivity index (χ0n) is 11.9. The standard InChI is InChI=1S/C15H17Br2ClN2O/c1-3-12-15(17)13(20(4-2)19-12)8-14(21)10-7-9(18)5-6-11(10)16/h5-7,14,21H,3-4,8H2,1-2H3. The van der Waals surface area contributed by atoms with Gasteiger partial charge in [-0.2, -0.15) is 5.10 Å². The van der Waals surface area contributed by atoms with E-state index in [9.17, 15) is 5.11 Å². The maximum atomic E-state index is 10.6. The summed E-state index contributed by atoms with van der Waals surface area (Å²) in [5.41, 5.74) is 2.81. The number of rotatable bonds is 5. The van der Waals surface area contributed by atoms with Crippen LogP contribution in [0.4, 0.5) is 0 Å². The quantitative estimate of drug-likeness (QED) is 0.723. The first-order chi connectivity index (χ1) is 9.97. The van der Waals surface area contributed by atoms with Crippen LogP contribution in [0.25, 0.3) is 0 Å². The fourth-order valence-electron chi connectivity index (χ4n) is 2.28. The van der Waals surface area contributed by atoms with Crippen LogP contribution in [0.15, 0.2) is 27.1 Å². The maximum Gasteiger partial charge on any atom is 0.0857 e. The topological polar surface area (TPSA) is 38.0 Å². The number of aliphatic hydroxyl groups excluding tert-OH is 1. The summed E-state index contributed by atoms with van der Waals surface area (Å²) in [5, 5.41) is 15.7. The van der Waals surface area contributed by atoms with Crippen LogP contribution in [0.1, 0.15) is 36.9 Å². The second-order valence-electron chi connectivity index (χ2n) is 4.76. The largest absolute Gasteiger partial charge is 0.388 e. The number of benzene rings is 1. The molecule has 6 heteroatoms. The molecule has 0 saturated carbocycles. The number of aryl methyl sites for hydroxylation is 2. The Kier molecular flexibility index (Phi) is 5.88. The van der Waals surface area contributed by atoms with Crippen LogP contribution in [0.5, 0.6) is 0 Å². The predicted molar refractivity (Wildman–Crippen MR) is 92.8 cm³/mol. The zero-order valence-corrected chi connectivity index (χ0v) is 15.8. The van der Waals surface area contributed by atoms with Gasteiger partial charge in [-0.15, -0.1) is 0 Å². The van der Waals surface area contributed by atoms with E-state index < -0.39 is 6.10 Å². The molecule has 0 aliphatic rings. The van der Waals surface area contributed by atoms with Gasteiger partial charge in [0.15, 0.2) is 0 Å². The first-order valence-electron chi connectivity index (χ1n) is 6.84. The molecule has 0 spiro atoms. The summed E-state index contributed by atoms with van der Waals surface area (Å²) in [6.07, 6.45) is 0.707. The lowest BCUT2D eigenvalue weighted by Crippen LogP contribution is -2.09. The molecule has 0 aliphatic carbocycles. The average molecular weight is 437 g/mol. The Labute approximate surface area is 146 Å². The summed E-state index contributed by atoms with van der Waals surface area (Å²) in [6, 6.07) is 5.44. The second-order valence-corrected chi connectivity index (χ2v) is 6.85. The van der Waals surface area contributed by atoms with Gasteiger partial charge in [-0.1, -0.05) is 34.5 Å². The third-order valence-corrected chi connectivity index (χ3v) is 5.27. The van der Waals surface area contributed by atoms with E-state index in [-0.39, 0.29) is 0 Å². The van der Waals surface area contributed by atoms with Gasteiger partial charge < -0.3 is 5.11 Å². The predicted octanol–water partition coefficient (Wildman–Crippen LogP) is 4.92. The van der Waals surface area contributed by atoms with E-state index in [4.69, 9.17) is 11.6 Å². The minimum Gasteiger partial charge on any atom is -0.388 e. The molecule has 0 bridgehead atoms. The van der Waals surface area contributed by atoms with Crippen molar-refractivity contribution in [3.8, 4) is 0 Å². The highest BCUT2D eigenvalue weighted by Gasteiger charge is 2.20. The second kappa shape index (κ2) is 7.27. The van der Waals surface area contributed by atoms with Crippen molar-refractivity contribution in [1.29, 1.82) is 0 Å². The summed E-state index contributed by atoms with van der Waals surface area (Å²) in [4.78, 5) is 0. The van der Waals surface area contributed by atoms with Crippen molar-refractivity contribution in [3.63, 3.8) is 0 Å². The maximum absolute atomic E-state index is 10.6. The van der Waals surface area contributed by atoms with E-state index in [1.54, 1.807) is 12.1 Å². The third-order valence-electron chi connectivity index (χ3n) is 3.40. The van der Waals surface area contributed by atoms with E-state index in [1.807, 2.05) is 17.7 Å². The highest BCUT2D eigenvalue weighted by Crippen LogP contribution is 2.31. The summed E-state index contributed by atoms with van der Waals surface area (Å²) < 4.78 is 3.78. The third kappa shape index (κ3) is 3.70. The normalized spacial score (nSPS) is 12.7. The van der Waals surface area contributed by atoms with Gasteiger partial charge in [-0.3, -0.25) is 4.68 Å². The van der Waals surface area contributed by atoms with Crippen molar-refractivity contribution in [3.05, 3.63) is 49.1 Å². The number of nitrogens with zero attached hydrogens (tertiary/aromatic N) is 2. The van der Waals surface area contributed by atoms with Gasteiger partial charge in [0.2, 0.25) is 0 Å². The Hall–Kier alpha value is -0.360. The van der Waals surface area contributed by atoms with Crippen molar-refractivity contribution in [2.45, 2.75) is 39.3 Å². The lowest BCUT2D eigenvalue weighted by Gasteiger charge is -2.14. The van der Waals surface area contributed by atoms with Crippen molar-refractivity contribution in [2.24, 2.45) is 0 Å². The molecule has 2 rings (SSSR count). The van der Waals surface area contributed by atoms with Crippen LogP contribution in [-0.2, 0) is 19.4 Å². The summed E-state index contributed by atoms with van der Waals surface area (Å²) in [6.45, 7) is 4.89. The Morgan fingerprint density at radius 1 is 1.33 bits per heavy atom. The fourth-order valence-corrected chi connectivity index (χ4v) is 3.69. The molecule has 1 aromatic heterocycles.